The molecule has 4 fully saturated rings. The molecule has 4 rings (SSSR count). The zero-order chi connectivity index (χ0) is 27.5. The molecule has 0 aliphatic heterocycles. The summed E-state index contributed by atoms with van der Waals surface area (Å²) in [5.41, 5.74) is -2.96. The number of halogens is 6. The summed E-state index contributed by atoms with van der Waals surface area (Å²) in [5, 5.41) is 0. The van der Waals surface area contributed by atoms with Gasteiger partial charge in [0.15, 0.2) is 6.10 Å². The largest absolute Gasteiger partial charge is 0.459 e. The number of esters is 2. The molecule has 0 N–H and O–H groups in total. The highest BCUT2D eigenvalue weighted by Gasteiger charge is 2.63. The molecule has 0 heterocycles. The van der Waals surface area contributed by atoms with E-state index in [1.807, 2.05) is 34.6 Å². The van der Waals surface area contributed by atoms with Crippen LogP contribution in [0.25, 0.3) is 0 Å². The second-order valence-corrected chi connectivity index (χ2v) is 12.3. The van der Waals surface area contributed by atoms with E-state index in [9.17, 15) is 35.9 Å². The topological polar surface area (TPSA) is 61.8 Å². The first kappa shape index (κ1) is 29.0. The van der Waals surface area contributed by atoms with Crippen LogP contribution in [0.15, 0.2) is 0 Å². The number of alkyl halides is 6. The van der Waals surface area contributed by atoms with E-state index in [1.54, 1.807) is 0 Å². The van der Waals surface area contributed by atoms with Gasteiger partial charge in [-0.3, -0.25) is 4.79 Å². The Labute approximate surface area is 207 Å². The Morgan fingerprint density at radius 2 is 1.36 bits per heavy atom. The molecule has 4 aliphatic carbocycles. The fraction of sp³-hybridized carbons (Fsp3) is 0.920. The van der Waals surface area contributed by atoms with Crippen molar-refractivity contribution in [3.63, 3.8) is 0 Å². The third-order valence-electron chi connectivity index (χ3n) is 8.66. The van der Waals surface area contributed by atoms with Gasteiger partial charge in [-0.2, -0.15) is 26.3 Å². The summed E-state index contributed by atoms with van der Waals surface area (Å²) < 4.78 is 93.1. The Hall–Kier alpha value is -1.52. The summed E-state index contributed by atoms with van der Waals surface area (Å²) in [7, 11) is 0. The smallest absolute Gasteiger partial charge is 0.434 e. The van der Waals surface area contributed by atoms with Crippen LogP contribution in [0.2, 0.25) is 0 Å². The molecule has 5 nitrogen and oxygen atoms in total. The number of carbonyl (C=O) groups excluding carboxylic acids is 2. The molecule has 0 aromatic heterocycles. The summed E-state index contributed by atoms with van der Waals surface area (Å²) in [6.45, 7) is 10.8. The van der Waals surface area contributed by atoms with Crippen molar-refractivity contribution in [1.29, 1.82) is 0 Å². The molecule has 4 bridgehead atoms. The van der Waals surface area contributed by atoms with Crippen molar-refractivity contribution in [2.75, 3.05) is 0 Å². The van der Waals surface area contributed by atoms with Crippen molar-refractivity contribution in [3.8, 4) is 0 Å². The van der Waals surface area contributed by atoms with Crippen molar-refractivity contribution in [1.82, 2.24) is 0 Å². The molecule has 0 saturated heterocycles. The van der Waals surface area contributed by atoms with E-state index in [1.165, 1.54) is 0 Å². The number of ether oxygens (including phenoxy) is 3. The predicted octanol–water partition coefficient (Wildman–Crippen LogP) is 6.52. The Morgan fingerprint density at radius 1 is 0.889 bits per heavy atom. The molecule has 208 valence electrons. The number of rotatable bonds is 7. The van der Waals surface area contributed by atoms with Gasteiger partial charge in [-0.15, -0.1) is 0 Å². The molecular weight excluding hydrogens is 494 g/mol. The van der Waals surface area contributed by atoms with E-state index in [4.69, 9.17) is 9.47 Å². The molecule has 0 radical (unpaired) electrons. The summed E-state index contributed by atoms with van der Waals surface area (Å²) in [6, 6.07) is 0. The first-order valence-corrected chi connectivity index (χ1v) is 12.4. The minimum atomic E-state index is -5.80. The predicted molar refractivity (Wildman–Crippen MR) is 117 cm³/mol. The van der Waals surface area contributed by atoms with E-state index in [0.29, 0.717) is 32.1 Å². The third kappa shape index (κ3) is 5.50. The maximum Gasteiger partial charge on any atom is 0.434 e. The average Bonchev–Trinajstić information content (AvgIpc) is 2.66. The van der Waals surface area contributed by atoms with Gasteiger partial charge in [-0.05, 0) is 69.6 Å². The first-order valence-electron chi connectivity index (χ1n) is 12.4. The molecule has 0 aromatic carbocycles. The van der Waals surface area contributed by atoms with Crippen molar-refractivity contribution in [3.05, 3.63) is 0 Å². The van der Waals surface area contributed by atoms with Gasteiger partial charge in [0.2, 0.25) is 0 Å². The first-order chi connectivity index (χ1) is 16.2. The van der Waals surface area contributed by atoms with Crippen molar-refractivity contribution < 1.29 is 50.1 Å². The standard InChI is InChI=1S/C25H36F6O5/c1-7-21(6,20(3,4)5)19(33)36-23-11-15-8-16(12-23)10-22(9-15,13-23)35-14(2)17(32)34-18(24(26,27)28)25(29,30)31/h14-16,18H,7-13H2,1-6H3. The lowest BCUT2D eigenvalue weighted by molar-refractivity contribution is -0.317. The molecule has 0 amide bonds. The van der Waals surface area contributed by atoms with Crippen LogP contribution in [-0.2, 0) is 23.8 Å². The van der Waals surface area contributed by atoms with Crippen molar-refractivity contribution >= 4 is 11.9 Å². The maximum atomic E-state index is 13.4. The van der Waals surface area contributed by atoms with Gasteiger partial charge in [0, 0.05) is 6.42 Å². The summed E-state index contributed by atoms with van der Waals surface area (Å²) in [5.74, 6) is -1.84. The highest BCUT2D eigenvalue weighted by atomic mass is 19.4. The Bertz CT molecular complexity index is 832. The lowest BCUT2D eigenvalue weighted by Gasteiger charge is -2.61. The van der Waals surface area contributed by atoms with Crippen LogP contribution in [0.5, 0.6) is 0 Å². The Kier molecular flexibility index (Phi) is 7.30. The lowest BCUT2D eigenvalue weighted by Crippen LogP contribution is -2.63. The van der Waals surface area contributed by atoms with Crippen molar-refractivity contribution in [2.45, 2.75) is 122 Å². The Morgan fingerprint density at radius 3 is 1.78 bits per heavy atom. The van der Waals surface area contributed by atoms with E-state index in [2.05, 4.69) is 4.74 Å². The average molecular weight is 531 g/mol. The van der Waals surface area contributed by atoms with Crippen molar-refractivity contribution in [2.24, 2.45) is 22.7 Å². The number of carbonyl (C=O) groups is 2. The summed E-state index contributed by atoms with van der Waals surface area (Å²) in [4.78, 5) is 25.7. The van der Waals surface area contributed by atoms with Gasteiger partial charge < -0.3 is 14.2 Å². The van der Waals surface area contributed by atoms with Gasteiger partial charge >= 0.3 is 24.3 Å². The normalized spacial score (nSPS) is 32.8. The molecule has 0 aromatic rings. The molecular formula is C25H36F6O5. The van der Waals surface area contributed by atoms with Crippen LogP contribution >= 0.6 is 0 Å². The molecule has 4 atom stereocenters. The number of hydrogen-bond acceptors (Lipinski definition) is 5. The molecule has 4 saturated carbocycles. The van der Waals surface area contributed by atoms with E-state index >= 15 is 0 Å². The SMILES string of the molecule is CCC(C)(C(=O)OC12CC3CC(C1)CC(OC(C)C(=O)OC(C(F)(F)F)C(F)(F)F)(C3)C2)C(C)(C)C. The van der Waals surface area contributed by atoms with Gasteiger partial charge in [0.05, 0.1) is 11.0 Å². The van der Waals surface area contributed by atoms with E-state index in [0.717, 1.165) is 13.3 Å². The van der Waals surface area contributed by atoms with Gasteiger partial charge in [0.25, 0.3) is 6.10 Å². The van der Waals surface area contributed by atoms with Crippen LogP contribution in [0.1, 0.15) is 86.5 Å². The minimum Gasteiger partial charge on any atom is -0.459 e. The minimum absolute atomic E-state index is 0.114. The van der Waals surface area contributed by atoms with Gasteiger partial charge in [0.1, 0.15) is 5.60 Å². The van der Waals surface area contributed by atoms with E-state index in [-0.39, 0.29) is 29.6 Å². The van der Waals surface area contributed by atoms with E-state index < -0.39 is 47.1 Å². The zero-order valence-electron chi connectivity index (χ0n) is 21.6. The number of hydrogen-bond donors (Lipinski definition) is 0. The van der Waals surface area contributed by atoms with Gasteiger partial charge in [-0.25, -0.2) is 4.79 Å². The van der Waals surface area contributed by atoms with Crippen LogP contribution < -0.4 is 0 Å². The highest BCUT2D eigenvalue weighted by Crippen LogP contribution is 2.61. The van der Waals surface area contributed by atoms with Crippen LogP contribution in [0, 0.1) is 22.7 Å². The van der Waals surface area contributed by atoms with Gasteiger partial charge in [-0.1, -0.05) is 27.7 Å². The fourth-order valence-electron chi connectivity index (χ4n) is 6.60. The highest BCUT2D eigenvalue weighted by molar-refractivity contribution is 5.78. The molecule has 4 unspecified atom stereocenters. The van der Waals surface area contributed by atoms with Crippen LogP contribution in [0.4, 0.5) is 26.3 Å². The second-order valence-electron chi connectivity index (χ2n) is 12.3. The molecule has 36 heavy (non-hydrogen) atoms. The van der Waals surface area contributed by atoms with Crippen LogP contribution in [0.3, 0.4) is 0 Å². The fourth-order valence-corrected chi connectivity index (χ4v) is 6.60. The Balaban J connectivity index is 1.78. The monoisotopic (exact) mass is 530 g/mol. The molecule has 0 spiro atoms. The quantitative estimate of drug-likeness (QED) is 0.277. The maximum absolute atomic E-state index is 13.4. The molecule has 4 aliphatic rings. The lowest BCUT2D eigenvalue weighted by atomic mass is 9.52. The molecule has 11 heteroatoms. The van der Waals surface area contributed by atoms with Crippen LogP contribution in [-0.4, -0.2) is 47.7 Å². The third-order valence-corrected chi connectivity index (χ3v) is 8.66. The zero-order valence-corrected chi connectivity index (χ0v) is 21.6. The second kappa shape index (κ2) is 9.05. The summed E-state index contributed by atoms with van der Waals surface area (Å²) >= 11 is 0. The summed E-state index contributed by atoms with van der Waals surface area (Å²) in [6.07, 6.45) is -13.6.